The van der Waals surface area contributed by atoms with Crippen molar-refractivity contribution in [2.45, 2.75) is 19.6 Å². The number of pyridine rings is 2. The first-order valence-electron chi connectivity index (χ1n) is 9.89. The van der Waals surface area contributed by atoms with E-state index in [1.807, 2.05) is 6.07 Å². The predicted molar refractivity (Wildman–Crippen MR) is 120 cm³/mol. The highest BCUT2D eigenvalue weighted by Crippen LogP contribution is 2.27. The third kappa shape index (κ3) is 4.39. The van der Waals surface area contributed by atoms with Crippen molar-refractivity contribution in [3.8, 4) is 5.75 Å². The Balaban J connectivity index is 1.65. The van der Waals surface area contributed by atoms with Gasteiger partial charge in [0, 0.05) is 44.0 Å². The van der Waals surface area contributed by atoms with Gasteiger partial charge in [0.2, 0.25) is 0 Å². The van der Waals surface area contributed by atoms with Gasteiger partial charge in [-0.1, -0.05) is 17.7 Å². The van der Waals surface area contributed by atoms with Gasteiger partial charge in [-0.15, -0.1) is 11.3 Å². The molecule has 0 spiro atoms. The Morgan fingerprint density at radius 2 is 2.06 bits per heavy atom. The molecule has 0 bridgehead atoms. The van der Waals surface area contributed by atoms with E-state index in [-0.39, 0.29) is 42.4 Å². The molecule has 32 heavy (non-hydrogen) atoms. The zero-order valence-corrected chi connectivity index (χ0v) is 18.8. The van der Waals surface area contributed by atoms with E-state index < -0.39 is 5.97 Å². The van der Waals surface area contributed by atoms with E-state index in [2.05, 4.69) is 4.98 Å². The molecule has 3 aromatic heterocycles. The monoisotopic (exact) mass is 473 g/mol. The van der Waals surface area contributed by atoms with Crippen LogP contribution in [0.2, 0.25) is 5.02 Å². The van der Waals surface area contributed by atoms with Gasteiger partial charge in [0.05, 0.1) is 17.8 Å². The van der Waals surface area contributed by atoms with Gasteiger partial charge in [-0.05, 0) is 23.6 Å². The second kappa shape index (κ2) is 9.54. The van der Waals surface area contributed by atoms with E-state index in [1.165, 1.54) is 29.1 Å². The number of carbonyl (C=O) groups is 2. The van der Waals surface area contributed by atoms with Crippen LogP contribution in [0.1, 0.15) is 31.4 Å². The van der Waals surface area contributed by atoms with Gasteiger partial charge in [-0.25, -0.2) is 4.79 Å². The molecule has 10 heteroatoms. The summed E-state index contributed by atoms with van der Waals surface area (Å²) in [6.45, 7) is 0.970. The van der Waals surface area contributed by atoms with E-state index in [9.17, 15) is 14.4 Å². The molecule has 166 valence electrons. The number of methoxy groups -OCH3 is 1. The standard InChI is InChI=1S/C22H20ClN3O5S/c1-30-22(29)19-16-5-8-25(21(28)20-15(23)6-11-32-20)9-10-26(16)18(27)12-17(19)31-13-14-4-2-3-7-24-14/h2-4,6-7,11-12H,5,8-10,13H2,1H3. The fourth-order valence-electron chi connectivity index (χ4n) is 3.61. The molecule has 1 aliphatic rings. The molecule has 0 fully saturated rings. The number of esters is 1. The summed E-state index contributed by atoms with van der Waals surface area (Å²) in [6, 6.07) is 8.36. The molecule has 0 radical (unpaired) electrons. The maximum Gasteiger partial charge on any atom is 0.343 e. The van der Waals surface area contributed by atoms with Gasteiger partial charge in [-0.2, -0.15) is 0 Å². The first-order chi connectivity index (χ1) is 15.5. The minimum atomic E-state index is -0.606. The van der Waals surface area contributed by atoms with Gasteiger partial charge in [0.25, 0.3) is 11.5 Å². The number of halogens is 1. The fraction of sp³-hybridized carbons (Fsp3) is 0.273. The highest BCUT2D eigenvalue weighted by molar-refractivity contribution is 7.12. The lowest BCUT2D eigenvalue weighted by Gasteiger charge is -2.19. The average Bonchev–Trinajstić information content (AvgIpc) is 3.11. The smallest absolute Gasteiger partial charge is 0.343 e. The highest BCUT2D eigenvalue weighted by atomic mass is 35.5. The normalized spacial score (nSPS) is 13.2. The predicted octanol–water partition coefficient (Wildman–Crippen LogP) is 3.02. The molecule has 0 aliphatic carbocycles. The average molecular weight is 474 g/mol. The fourth-order valence-corrected chi connectivity index (χ4v) is 4.72. The molecule has 0 aromatic carbocycles. The summed E-state index contributed by atoms with van der Waals surface area (Å²) in [4.78, 5) is 44.7. The van der Waals surface area contributed by atoms with Gasteiger partial charge in [0.1, 0.15) is 22.8 Å². The number of hydrogen-bond acceptors (Lipinski definition) is 7. The minimum Gasteiger partial charge on any atom is -0.486 e. The van der Waals surface area contributed by atoms with Crippen molar-refractivity contribution in [1.29, 1.82) is 0 Å². The van der Waals surface area contributed by atoms with Crippen molar-refractivity contribution < 1.29 is 19.1 Å². The summed E-state index contributed by atoms with van der Waals surface area (Å²) in [6.07, 6.45) is 1.92. The molecular formula is C22H20ClN3O5S. The summed E-state index contributed by atoms with van der Waals surface area (Å²) in [5, 5.41) is 2.16. The summed E-state index contributed by atoms with van der Waals surface area (Å²) in [5.41, 5.74) is 1.01. The van der Waals surface area contributed by atoms with Crippen molar-refractivity contribution in [3.05, 3.63) is 79.1 Å². The zero-order valence-electron chi connectivity index (χ0n) is 17.2. The molecular weight excluding hydrogens is 454 g/mol. The molecule has 1 amide bonds. The van der Waals surface area contributed by atoms with Crippen molar-refractivity contribution in [2.75, 3.05) is 20.2 Å². The first-order valence-corrected chi connectivity index (χ1v) is 11.2. The van der Waals surface area contributed by atoms with Crippen LogP contribution in [0.4, 0.5) is 0 Å². The van der Waals surface area contributed by atoms with Crippen LogP contribution in [0.5, 0.6) is 5.75 Å². The van der Waals surface area contributed by atoms with Crippen LogP contribution in [0.15, 0.2) is 46.7 Å². The topological polar surface area (TPSA) is 90.7 Å². The number of nitrogens with zero attached hydrogens (tertiary/aromatic N) is 3. The van der Waals surface area contributed by atoms with E-state index in [1.54, 1.807) is 34.7 Å². The van der Waals surface area contributed by atoms with E-state index >= 15 is 0 Å². The van der Waals surface area contributed by atoms with Crippen LogP contribution in [-0.4, -0.2) is 46.5 Å². The third-order valence-corrected chi connectivity index (χ3v) is 6.51. The number of rotatable bonds is 5. The SMILES string of the molecule is COC(=O)c1c(OCc2ccccn2)cc(=O)n2c1CCN(C(=O)c1sccc1Cl)CC2. The Bertz CT molecular complexity index is 1210. The number of ether oxygens (including phenoxy) is 2. The van der Waals surface area contributed by atoms with E-state index in [0.29, 0.717) is 34.4 Å². The lowest BCUT2D eigenvalue weighted by molar-refractivity contribution is 0.0592. The first kappa shape index (κ1) is 22.0. The van der Waals surface area contributed by atoms with Crippen LogP contribution in [0.25, 0.3) is 0 Å². The second-order valence-electron chi connectivity index (χ2n) is 7.06. The second-order valence-corrected chi connectivity index (χ2v) is 8.38. The Morgan fingerprint density at radius 1 is 1.22 bits per heavy atom. The molecule has 3 aromatic rings. The minimum absolute atomic E-state index is 0.0925. The quantitative estimate of drug-likeness (QED) is 0.529. The lowest BCUT2D eigenvalue weighted by atomic mass is 10.1. The van der Waals surface area contributed by atoms with E-state index in [0.717, 1.165) is 0 Å². The molecule has 0 unspecified atom stereocenters. The van der Waals surface area contributed by atoms with Gasteiger partial charge < -0.3 is 18.9 Å². The summed E-state index contributed by atoms with van der Waals surface area (Å²) in [5.74, 6) is -0.664. The van der Waals surface area contributed by atoms with Crippen LogP contribution in [-0.2, 0) is 24.3 Å². The maximum atomic E-state index is 12.9. The Hall–Kier alpha value is -3.17. The number of hydrogen-bond donors (Lipinski definition) is 0. The van der Waals surface area contributed by atoms with Crippen molar-refractivity contribution in [2.24, 2.45) is 0 Å². The number of carbonyl (C=O) groups excluding carboxylic acids is 2. The third-order valence-electron chi connectivity index (χ3n) is 5.18. The summed E-state index contributed by atoms with van der Waals surface area (Å²) < 4.78 is 12.3. The maximum absolute atomic E-state index is 12.9. The zero-order chi connectivity index (χ0) is 22.7. The van der Waals surface area contributed by atoms with Crippen LogP contribution >= 0.6 is 22.9 Å². The van der Waals surface area contributed by atoms with Crippen LogP contribution in [0, 0.1) is 0 Å². The van der Waals surface area contributed by atoms with Gasteiger partial charge in [-0.3, -0.25) is 14.6 Å². The van der Waals surface area contributed by atoms with Gasteiger partial charge >= 0.3 is 5.97 Å². The number of thiophene rings is 1. The van der Waals surface area contributed by atoms with Crippen molar-refractivity contribution in [1.82, 2.24) is 14.5 Å². The Morgan fingerprint density at radius 3 is 2.75 bits per heavy atom. The Labute approximate surface area is 193 Å². The summed E-state index contributed by atoms with van der Waals surface area (Å²) in [7, 11) is 1.28. The molecule has 8 nitrogen and oxygen atoms in total. The van der Waals surface area contributed by atoms with Crippen LogP contribution in [0.3, 0.4) is 0 Å². The number of fused-ring (bicyclic) bond motifs is 1. The number of aromatic nitrogens is 2. The lowest BCUT2D eigenvalue weighted by Crippen LogP contribution is -2.34. The van der Waals surface area contributed by atoms with Gasteiger partial charge in [0.15, 0.2) is 0 Å². The largest absolute Gasteiger partial charge is 0.486 e. The summed E-state index contributed by atoms with van der Waals surface area (Å²) >= 11 is 7.40. The molecule has 0 saturated carbocycles. The molecule has 0 N–H and O–H groups in total. The highest BCUT2D eigenvalue weighted by Gasteiger charge is 2.28. The molecule has 4 rings (SSSR count). The van der Waals surface area contributed by atoms with Crippen LogP contribution < -0.4 is 10.3 Å². The Kier molecular flexibility index (Phi) is 6.57. The molecule has 4 heterocycles. The molecule has 1 aliphatic heterocycles. The molecule has 0 atom stereocenters. The van der Waals surface area contributed by atoms with Crippen molar-refractivity contribution in [3.63, 3.8) is 0 Å². The number of amides is 1. The van der Waals surface area contributed by atoms with Crippen molar-refractivity contribution >= 4 is 34.8 Å². The molecule has 0 saturated heterocycles. The van der Waals surface area contributed by atoms with E-state index in [4.69, 9.17) is 21.1 Å².